The first-order valence-electron chi connectivity index (χ1n) is 10.5. The summed E-state index contributed by atoms with van der Waals surface area (Å²) in [4.78, 5) is 13.1. The molecule has 1 aliphatic heterocycles. The zero-order chi connectivity index (χ0) is 23.1. The molecule has 2 N–H and O–H groups in total. The van der Waals surface area contributed by atoms with Gasteiger partial charge >= 0.3 is 0 Å². The van der Waals surface area contributed by atoms with Gasteiger partial charge in [-0.2, -0.15) is 10.4 Å². The van der Waals surface area contributed by atoms with Crippen LogP contribution in [-0.4, -0.2) is 27.2 Å². The quantitative estimate of drug-likeness (QED) is 0.492. The Hall–Kier alpha value is -4.25. The molecular weight excluding hydrogens is 424 g/mol. The van der Waals surface area contributed by atoms with Crippen LogP contribution >= 0.6 is 0 Å². The fourth-order valence-electron chi connectivity index (χ4n) is 4.47. The van der Waals surface area contributed by atoms with E-state index in [0.29, 0.717) is 35.2 Å². The summed E-state index contributed by atoms with van der Waals surface area (Å²) in [5.74, 6) is -1.07. The van der Waals surface area contributed by atoms with Crippen molar-refractivity contribution in [1.82, 2.24) is 20.1 Å². The molecular formula is C25H19F2N5O. The highest BCUT2D eigenvalue weighted by molar-refractivity contribution is 6.07. The van der Waals surface area contributed by atoms with Gasteiger partial charge in [0, 0.05) is 42.5 Å². The Balaban J connectivity index is 1.83. The van der Waals surface area contributed by atoms with Crippen molar-refractivity contribution in [2.75, 3.05) is 6.54 Å². The number of H-pyrrole nitrogens is 1. The third kappa shape index (κ3) is 3.48. The van der Waals surface area contributed by atoms with Crippen molar-refractivity contribution in [3.8, 4) is 28.5 Å². The summed E-state index contributed by atoms with van der Waals surface area (Å²) >= 11 is 0. The lowest BCUT2D eigenvalue weighted by Crippen LogP contribution is -2.32. The number of nitriles is 1. The molecule has 0 fully saturated rings. The predicted molar refractivity (Wildman–Crippen MR) is 118 cm³/mol. The second kappa shape index (κ2) is 8.02. The third-order valence-corrected chi connectivity index (χ3v) is 5.99. The van der Waals surface area contributed by atoms with Crippen LogP contribution in [0.5, 0.6) is 0 Å². The molecule has 0 radical (unpaired) electrons. The van der Waals surface area contributed by atoms with Crippen molar-refractivity contribution in [1.29, 1.82) is 5.26 Å². The number of aromatic amines is 1. The maximum atomic E-state index is 13.8. The third-order valence-electron chi connectivity index (χ3n) is 5.99. The molecule has 33 heavy (non-hydrogen) atoms. The van der Waals surface area contributed by atoms with E-state index in [-0.39, 0.29) is 23.8 Å². The van der Waals surface area contributed by atoms with Crippen molar-refractivity contribution >= 4 is 5.91 Å². The summed E-state index contributed by atoms with van der Waals surface area (Å²) in [5, 5.41) is 19.6. The molecule has 0 spiro atoms. The van der Waals surface area contributed by atoms with Crippen molar-refractivity contribution in [2.24, 2.45) is 0 Å². The number of nitrogens with zero attached hydrogens (tertiary/aromatic N) is 3. The number of hydrogen-bond acceptors (Lipinski definition) is 3. The number of rotatable bonds is 4. The number of aryl methyl sites for hydroxylation is 1. The first-order valence-corrected chi connectivity index (χ1v) is 10.5. The maximum absolute atomic E-state index is 13.8. The fraction of sp³-hybridized carbons (Fsp3) is 0.160. The van der Waals surface area contributed by atoms with Crippen molar-refractivity contribution in [3.63, 3.8) is 0 Å². The minimum Gasteiger partial charge on any atom is -0.352 e. The van der Waals surface area contributed by atoms with Gasteiger partial charge in [0.05, 0.1) is 28.6 Å². The molecule has 3 heterocycles. The smallest absolute Gasteiger partial charge is 0.253 e. The number of fused-ring (bicyclic) bond motifs is 1. The molecule has 8 heteroatoms. The van der Waals surface area contributed by atoms with E-state index in [1.165, 1.54) is 24.3 Å². The van der Waals surface area contributed by atoms with Crippen molar-refractivity contribution in [3.05, 3.63) is 88.4 Å². The van der Waals surface area contributed by atoms with Crippen LogP contribution in [0.3, 0.4) is 0 Å². The van der Waals surface area contributed by atoms with Gasteiger partial charge < -0.3 is 9.88 Å². The molecule has 2 aromatic heterocycles. The highest BCUT2D eigenvalue weighted by Gasteiger charge is 2.32. The van der Waals surface area contributed by atoms with Gasteiger partial charge in [-0.05, 0) is 42.3 Å². The van der Waals surface area contributed by atoms with Crippen LogP contribution in [-0.2, 0) is 13.0 Å². The fourth-order valence-corrected chi connectivity index (χ4v) is 4.47. The Bertz CT molecular complexity index is 1430. The predicted octanol–water partition coefficient (Wildman–Crippen LogP) is 4.34. The minimum absolute atomic E-state index is 0.212. The Morgan fingerprint density at radius 1 is 1.12 bits per heavy atom. The molecule has 0 saturated carbocycles. The first-order chi connectivity index (χ1) is 16.0. The van der Waals surface area contributed by atoms with Crippen LogP contribution in [0, 0.1) is 29.9 Å². The van der Waals surface area contributed by atoms with Crippen LogP contribution < -0.4 is 5.32 Å². The Kier molecular flexibility index (Phi) is 5.02. The number of amides is 1. The van der Waals surface area contributed by atoms with Crippen LogP contribution in [0.25, 0.3) is 22.4 Å². The monoisotopic (exact) mass is 443 g/mol. The summed E-state index contributed by atoms with van der Waals surface area (Å²) < 4.78 is 29.5. The molecule has 0 bridgehead atoms. The second-order valence-electron chi connectivity index (χ2n) is 7.94. The lowest BCUT2D eigenvalue weighted by atomic mass is 9.95. The summed E-state index contributed by atoms with van der Waals surface area (Å²) in [6.07, 6.45) is 2.34. The molecule has 5 rings (SSSR count). The maximum Gasteiger partial charge on any atom is 0.253 e. The van der Waals surface area contributed by atoms with Gasteiger partial charge in [-0.1, -0.05) is 18.2 Å². The standard InChI is InChI=1S/C25H19F2N5O/c1-14-20(12-30-31-14)24-22(15-2-5-18(26)6-3-15)23-21(8-9-29-25(23)33)32(24)13-16-4-7-19(27)10-17(16)11-28/h2-7,10,12H,8-9,13H2,1H3,(H,29,33)(H,30,31). The molecule has 2 aromatic carbocycles. The van der Waals surface area contributed by atoms with E-state index >= 15 is 0 Å². The molecule has 0 saturated heterocycles. The van der Waals surface area contributed by atoms with E-state index in [1.807, 2.05) is 11.5 Å². The van der Waals surface area contributed by atoms with Gasteiger partial charge in [0.2, 0.25) is 0 Å². The zero-order valence-electron chi connectivity index (χ0n) is 17.7. The van der Waals surface area contributed by atoms with Gasteiger partial charge in [0.15, 0.2) is 0 Å². The van der Waals surface area contributed by atoms with E-state index in [0.717, 1.165) is 22.6 Å². The molecule has 1 amide bonds. The first kappa shape index (κ1) is 20.6. The van der Waals surface area contributed by atoms with E-state index in [9.17, 15) is 18.8 Å². The number of benzene rings is 2. The summed E-state index contributed by atoms with van der Waals surface area (Å²) in [6.45, 7) is 2.59. The highest BCUT2D eigenvalue weighted by Crippen LogP contribution is 2.42. The molecule has 6 nitrogen and oxygen atoms in total. The number of carbonyl (C=O) groups excluding carboxylic acids is 1. The van der Waals surface area contributed by atoms with Gasteiger partial charge in [0.25, 0.3) is 5.91 Å². The SMILES string of the molecule is Cc1n[nH]cc1-c1c(-c2ccc(F)cc2)c2c(n1Cc1ccc(F)cc1C#N)CCNC2=O. The van der Waals surface area contributed by atoms with Gasteiger partial charge in [-0.15, -0.1) is 0 Å². The van der Waals surface area contributed by atoms with E-state index in [4.69, 9.17) is 0 Å². The Labute approximate surface area is 188 Å². The summed E-state index contributed by atoms with van der Waals surface area (Å²) in [7, 11) is 0. The molecule has 164 valence electrons. The van der Waals surface area contributed by atoms with E-state index < -0.39 is 5.82 Å². The zero-order valence-corrected chi connectivity index (χ0v) is 17.7. The number of aromatic nitrogens is 3. The van der Waals surface area contributed by atoms with Crippen LogP contribution in [0.4, 0.5) is 8.78 Å². The number of hydrogen-bond donors (Lipinski definition) is 2. The molecule has 0 atom stereocenters. The van der Waals surface area contributed by atoms with E-state index in [2.05, 4.69) is 21.6 Å². The molecule has 1 aliphatic rings. The normalized spacial score (nSPS) is 12.8. The Morgan fingerprint density at radius 2 is 1.88 bits per heavy atom. The lowest BCUT2D eigenvalue weighted by molar-refractivity contribution is 0.0946. The van der Waals surface area contributed by atoms with Crippen LogP contribution in [0.1, 0.15) is 32.9 Å². The Morgan fingerprint density at radius 3 is 2.58 bits per heavy atom. The number of nitrogens with one attached hydrogen (secondary N) is 2. The average Bonchev–Trinajstić information content (AvgIpc) is 3.37. The second-order valence-corrected chi connectivity index (χ2v) is 7.94. The molecule has 4 aromatic rings. The average molecular weight is 443 g/mol. The highest BCUT2D eigenvalue weighted by atomic mass is 19.1. The van der Waals surface area contributed by atoms with E-state index in [1.54, 1.807) is 24.4 Å². The van der Waals surface area contributed by atoms with Crippen molar-refractivity contribution < 1.29 is 13.6 Å². The van der Waals surface area contributed by atoms with Gasteiger partial charge in [-0.25, -0.2) is 8.78 Å². The van der Waals surface area contributed by atoms with Crippen LogP contribution in [0.15, 0.2) is 48.7 Å². The van der Waals surface area contributed by atoms with Crippen molar-refractivity contribution in [2.45, 2.75) is 19.9 Å². The van der Waals surface area contributed by atoms with Crippen LogP contribution in [0.2, 0.25) is 0 Å². The largest absolute Gasteiger partial charge is 0.352 e. The number of halogens is 2. The minimum atomic E-state index is -0.484. The van der Waals surface area contributed by atoms with Gasteiger partial charge in [-0.3, -0.25) is 9.89 Å². The summed E-state index contributed by atoms with van der Waals surface area (Å²) in [6, 6.07) is 12.2. The summed E-state index contributed by atoms with van der Waals surface area (Å²) in [5.41, 5.74) is 5.82. The van der Waals surface area contributed by atoms with Gasteiger partial charge in [0.1, 0.15) is 11.6 Å². The lowest BCUT2D eigenvalue weighted by Gasteiger charge is -2.18. The molecule has 0 unspecified atom stereocenters. The topological polar surface area (TPSA) is 86.5 Å². The number of carbonyl (C=O) groups is 1. The molecule has 0 aliphatic carbocycles.